The Morgan fingerprint density at radius 3 is 2.21 bits per heavy atom. The van der Waals surface area contributed by atoms with Crippen LogP contribution < -0.4 is 21.7 Å². The van der Waals surface area contributed by atoms with Crippen LogP contribution in [0.25, 0.3) is 0 Å². The average molecular weight is 398 g/mol. The topological polar surface area (TPSA) is 200 Å². The maximum absolute atomic E-state index is 12.3. The van der Waals surface area contributed by atoms with Gasteiger partial charge in [0.15, 0.2) is 0 Å². The second-order valence-electron chi connectivity index (χ2n) is 6.43. The van der Waals surface area contributed by atoms with Crippen LogP contribution in [0, 0.1) is 0 Å². The molecule has 28 heavy (non-hydrogen) atoms. The molecule has 0 aromatic carbocycles. The summed E-state index contributed by atoms with van der Waals surface area (Å²) >= 11 is 0. The number of H-pyrrole nitrogens is 1. The van der Waals surface area contributed by atoms with Gasteiger partial charge in [0.1, 0.15) is 18.1 Å². The second-order valence-corrected chi connectivity index (χ2v) is 6.43. The highest BCUT2D eigenvalue weighted by Gasteiger charge is 2.30. The first kappa shape index (κ1) is 23.0. The lowest BCUT2D eigenvalue weighted by atomic mass is 10.1. The first-order chi connectivity index (χ1) is 13.0. The van der Waals surface area contributed by atoms with Crippen molar-refractivity contribution in [3.63, 3.8) is 0 Å². The fraction of sp³-hybridized carbons (Fsp3) is 0.562. The van der Waals surface area contributed by atoms with E-state index in [1.807, 2.05) is 0 Å². The van der Waals surface area contributed by atoms with Gasteiger partial charge >= 0.3 is 5.97 Å². The highest BCUT2D eigenvalue weighted by atomic mass is 16.4. The number of aliphatic hydroxyl groups is 1. The van der Waals surface area contributed by atoms with E-state index in [0.29, 0.717) is 5.69 Å². The van der Waals surface area contributed by atoms with Crippen LogP contribution in [0.1, 0.15) is 26.5 Å². The number of carbonyl (C=O) groups is 4. The number of amides is 3. The van der Waals surface area contributed by atoms with Crippen LogP contribution in [0.3, 0.4) is 0 Å². The predicted molar refractivity (Wildman–Crippen MR) is 96.7 cm³/mol. The summed E-state index contributed by atoms with van der Waals surface area (Å²) in [5.41, 5.74) is 5.93. The largest absolute Gasteiger partial charge is 0.480 e. The number of carbonyl (C=O) groups excluding carboxylic acids is 3. The standard InChI is InChI=1S/C16H26N6O6/c1-7(17)13(24)22-12(9(3)23)15(26)20-8(2)14(25)21-11(16(27)28)4-10-5-18-6-19-10/h5-9,11-12,23H,4,17H2,1-3H3,(H,18,19)(H,20,26)(H,21,25)(H,22,24)(H,27,28). The number of carboxylic acid groups (broad SMARTS) is 1. The molecule has 0 bridgehead atoms. The van der Waals surface area contributed by atoms with Gasteiger partial charge in [0.25, 0.3) is 0 Å². The zero-order valence-corrected chi connectivity index (χ0v) is 15.8. The number of nitrogens with zero attached hydrogens (tertiary/aromatic N) is 1. The number of nitrogens with one attached hydrogen (secondary N) is 4. The zero-order valence-electron chi connectivity index (χ0n) is 15.8. The van der Waals surface area contributed by atoms with Gasteiger partial charge in [-0.2, -0.15) is 0 Å². The molecule has 0 aliphatic rings. The SMILES string of the molecule is CC(N)C(=O)NC(C(=O)NC(C)C(=O)NC(Cc1cnc[nH]1)C(=O)O)C(C)O. The highest BCUT2D eigenvalue weighted by Crippen LogP contribution is 2.01. The average Bonchev–Trinajstić information content (AvgIpc) is 3.10. The second kappa shape index (κ2) is 10.4. The summed E-state index contributed by atoms with van der Waals surface area (Å²) in [5, 5.41) is 25.9. The number of nitrogens with two attached hydrogens (primary N) is 1. The van der Waals surface area contributed by atoms with Crippen molar-refractivity contribution in [2.24, 2.45) is 5.73 Å². The van der Waals surface area contributed by atoms with Crippen molar-refractivity contribution in [2.75, 3.05) is 0 Å². The summed E-state index contributed by atoms with van der Waals surface area (Å²) < 4.78 is 0. The molecule has 5 atom stereocenters. The lowest BCUT2D eigenvalue weighted by molar-refractivity contribution is -0.142. The van der Waals surface area contributed by atoms with Crippen LogP contribution in [0.4, 0.5) is 0 Å². The third-order valence-corrected chi connectivity index (χ3v) is 3.82. The molecule has 156 valence electrons. The molecule has 1 aromatic heterocycles. The Morgan fingerprint density at radius 1 is 1.11 bits per heavy atom. The monoisotopic (exact) mass is 398 g/mol. The summed E-state index contributed by atoms with van der Waals surface area (Å²) in [7, 11) is 0. The van der Waals surface area contributed by atoms with Crippen molar-refractivity contribution in [1.82, 2.24) is 25.9 Å². The van der Waals surface area contributed by atoms with E-state index in [9.17, 15) is 29.4 Å². The van der Waals surface area contributed by atoms with Crippen molar-refractivity contribution in [1.29, 1.82) is 0 Å². The van der Waals surface area contributed by atoms with E-state index in [2.05, 4.69) is 25.9 Å². The van der Waals surface area contributed by atoms with E-state index >= 15 is 0 Å². The van der Waals surface area contributed by atoms with Crippen LogP contribution in [-0.4, -0.2) is 74.1 Å². The van der Waals surface area contributed by atoms with E-state index in [0.717, 1.165) is 0 Å². The summed E-state index contributed by atoms with van der Waals surface area (Å²) in [6.45, 7) is 4.05. The maximum atomic E-state index is 12.3. The summed E-state index contributed by atoms with van der Waals surface area (Å²) in [6.07, 6.45) is 1.54. The highest BCUT2D eigenvalue weighted by molar-refractivity contribution is 5.94. The fourth-order valence-electron chi connectivity index (χ4n) is 2.17. The molecular formula is C16H26N6O6. The minimum absolute atomic E-state index is 0.0253. The first-order valence-corrected chi connectivity index (χ1v) is 8.57. The number of carboxylic acids is 1. The van der Waals surface area contributed by atoms with E-state index in [1.165, 1.54) is 33.3 Å². The quantitative estimate of drug-likeness (QED) is 0.220. The van der Waals surface area contributed by atoms with Gasteiger partial charge < -0.3 is 36.9 Å². The number of aliphatic carboxylic acids is 1. The van der Waals surface area contributed by atoms with Gasteiger partial charge in [0.05, 0.1) is 18.5 Å². The Hall–Kier alpha value is -2.99. The number of aromatic amines is 1. The molecule has 8 N–H and O–H groups in total. The smallest absolute Gasteiger partial charge is 0.326 e. The fourth-order valence-corrected chi connectivity index (χ4v) is 2.17. The molecule has 0 saturated carbocycles. The number of rotatable bonds is 10. The van der Waals surface area contributed by atoms with Gasteiger partial charge in [-0.15, -0.1) is 0 Å². The number of hydrogen-bond donors (Lipinski definition) is 7. The molecule has 0 spiro atoms. The summed E-state index contributed by atoms with van der Waals surface area (Å²) in [6, 6.07) is -4.58. The van der Waals surface area contributed by atoms with E-state index < -0.39 is 54.0 Å². The van der Waals surface area contributed by atoms with Crippen LogP contribution in [0.5, 0.6) is 0 Å². The van der Waals surface area contributed by atoms with Crippen molar-refractivity contribution >= 4 is 23.7 Å². The number of imidazole rings is 1. The predicted octanol–water partition coefficient (Wildman–Crippen LogP) is -2.76. The molecule has 1 aromatic rings. The molecule has 3 amide bonds. The Morgan fingerprint density at radius 2 is 1.75 bits per heavy atom. The minimum Gasteiger partial charge on any atom is -0.480 e. The van der Waals surface area contributed by atoms with Crippen molar-refractivity contribution in [2.45, 2.75) is 57.5 Å². The molecular weight excluding hydrogens is 372 g/mol. The lowest BCUT2D eigenvalue weighted by Crippen LogP contribution is -2.59. The van der Waals surface area contributed by atoms with E-state index in [-0.39, 0.29) is 6.42 Å². The number of aromatic nitrogens is 2. The molecule has 5 unspecified atom stereocenters. The lowest BCUT2D eigenvalue weighted by Gasteiger charge is -2.24. The number of aliphatic hydroxyl groups excluding tert-OH is 1. The molecule has 1 rings (SSSR count). The Bertz CT molecular complexity index is 690. The Balaban J connectivity index is 2.70. The van der Waals surface area contributed by atoms with Gasteiger partial charge in [-0.25, -0.2) is 9.78 Å². The first-order valence-electron chi connectivity index (χ1n) is 8.57. The van der Waals surface area contributed by atoms with Gasteiger partial charge in [-0.3, -0.25) is 14.4 Å². The maximum Gasteiger partial charge on any atom is 0.326 e. The molecule has 0 fully saturated rings. The zero-order chi connectivity index (χ0) is 21.4. The van der Waals surface area contributed by atoms with E-state index in [4.69, 9.17) is 5.73 Å². The van der Waals surface area contributed by atoms with Crippen molar-refractivity contribution in [3.05, 3.63) is 18.2 Å². The van der Waals surface area contributed by atoms with Crippen molar-refractivity contribution in [3.8, 4) is 0 Å². The van der Waals surface area contributed by atoms with Gasteiger partial charge in [0, 0.05) is 18.3 Å². The molecule has 0 radical (unpaired) electrons. The number of hydrogen-bond acceptors (Lipinski definition) is 7. The Kier molecular flexibility index (Phi) is 8.54. The minimum atomic E-state index is -1.32. The molecule has 0 aliphatic carbocycles. The van der Waals surface area contributed by atoms with Crippen LogP contribution in [0.2, 0.25) is 0 Å². The molecule has 0 aliphatic heterocycles. The van der Waals surface area contributed by atoms with Crippen LogP contribution >= 0.6 is 0 Å². The van der Waals surface area contributed by atoms with Crippen LogP contribution in [-0.2, 0) is 25.6 Å². The summed E-state index contributed by atoms with van der Waals surface area (Å²) in [5.74, 6) is -3.47. The molecule has 12 heteroatoms. The van der Waals surface area contributed by atoms with Gasteiger partial charge in [-0.1, -0.05) is 0 Å². The molecule has 12 nitrogen and oxygen atoms in total. The third-order valence-electron chi connectivity index (χ3n) is 3.82. The molecule has 0 saturated heterocycles. The van der Waals surface area contributed by atoms with Crippen molar-refractivity contribution < 1.29 is 29.4 Å². The molecule has 1 heterocycles. The third kappa shape index (κ3) is 6.96. The van der Waals surface area contributed by atoms with Gasteiger partial charge in [0.2, 0.25) is 17.7 Å². The normalized spacial score (nSPS) is 16.2. The Labute approximate surface area is 161 Å². The summed E-state index contributed by atoms with van der Waals surface area (Å²) in [4.78, 5) is 54.1. The van der Waals surface area contributed by atoms with Crippen LogP contribution in [0.15, 0.2) is 12.5 Å². The van der Waals surface area contributed by atoms with E-state index in [1.54, 1.807) is 0 Å². The van der Waals surface area contributed by atoms with Gasteiger partial charge in [-0.05, 0) is 20.8 Å².